The number of unbranched alkanes of at least 4 members (excludes halogenated alkanes) is 2. The molecule has 11 heteroatoms. The lowest BCUT2D eigenvalue weighted by Crippen LogP contribution is -2.69. The number of oxime groups is 1. The summed E-state index contributed by atoms with van der Waals surface area (Å²) in [4.78, 5) is 33.2. The minimum Gasteiger partial charge on any atom is -0.459 e. The number of aliphatic hydroxyl groups excluding tert-OH is 2. The maximum absolute atomic E-state index is 13.9. The predicted molar refractivity (Wildman–Crippen MR) is 222 cm³/mol. The largest absolute Gasteiger partial charge is 0.459 e. The number of hydrogen-bond donors (Lipinski definition) is 2. The molecule has 0 radical (unpaired) electrons. The van der Waals surface area contributed by atoms with Gasteiger partial charge in [-0.15, -0.1) is 13.2 Å². The smallest absolute Gasteiger partial charge is 0.409 e. The van der Waals surface area contributed by atoms with Crippen molar-refractivity contribution >= 4 is 18.1 Å². The van der Waals surface area contributed by atoms with Crippen LogP contribution in [0, 0.1) is 17.8 Å². The van der Waals surface area contributed by atoms with Gasteiger partial charge in [-0.1, -0.05) is 78.7 Å². The molecule has 3 aromatic rings. The molecule has 2 N–H and O–H groups in total. The summed E-state index contributed by atoms with van der Waals surface area (Å²) in [6.07, 6.45) is 11.2. The van der Waals surface area contributed by atoms with Gasteiger partial charge < -0.3 is 38.9 Å². The van der Waals surface area contributed by atoms with Crippen LogP contribution in [0.4, 0.5) is 4.79 Å². The zero-order valence-corrected chi connectivity index (χ0v) is 33.4. The van der Waals surface area contributed by atoms with Crippen molar-refractivity contribution < 1.29 is 43.6 Å². The first-order valence-electron chi connectivity index (χ1n) is 20.3. The van der Waals surface area contributed by atoms with E-state index in [2.05, 4.69) is 19.2 Å². The molecule has 0 saturated heterocycles. The van der Waals surface area contributed by atoms with E-state index in [1.165, 1.54) is 0 Å². The Bertz CT molecular complexity index is 1930. The van der Waals surface area contributed by atoms with Crippen molar-refractivity contribution in [3.8, 4) is 17.2 Å². The van der Waals surface area contributed by atoms with Gasteiger partial charge in [0.2, 0.25) is 5.79 Å². The van der Waals surface area contributed by atoms with Crippen molar-refractivity contribution in [2.24, 2.45) is 22.9 Å². The second-order valence-electron chi connectivity index (χ2n) is 15.1. The molecule has 6 atom stereocenters. The van der Waals surface area contributed by atoms with E-state index >= 15 is 0 Å². The van der Waals surface area contributed by atoms with Gasteiger partial charge in [-0.3, -0.25) is 4.79 Å². The molecule has 1 heterocycles. The van der Waals surface area contributed by atoms with Crippen molar-refractivity contribution in [2.45, 2.75) is 75.7 Å². The van der Waals surface area contributed by atoms with E-state index in [4.69, 9.17) is 28.9 Å². The topological polar surface area (TPSA) is 136 Å². The third-order valence-corrected chi connectivity index (χ3v) is 11.4. The SMILES string of the molecule is C=CCCOC(=O)N(C)C1CC(=NOCc2ccccc2)C2=CC(CCCCO)C(CCCCO)C3c4cc(Oc5cccc(C=O)c5)ccc4OC1(OCC=C)C23. The summed E-state index contributed by atoms with van der Waals surface area (Å²) in [5.74, 6) is -0.327. The van der Waals surface area contributed by atoms with Gasteiger partial charge in [-0.25, -0.2) is 4.79 Å². The summed E-state index contributed by atoms with van der Waals surface area (Å²) in [5.41, 5.74) is 4.00. The fourth-order valence-electron chi connectivity index (χ4n) is 8.80. The number of amides is 1. The lowest BCUT2D eigenvalue weighted by atomic mass is 9.55. The zero-order chi connectivity index (χ0) is 40.9. The number of benzene rings is 3. The number of nitrogens with zero attached hydrogens (tertiary/aromatic N) is 2. The molecule has 0 spiro atoms. The summed E-state index contributed by atoms with van der Waals surface area (Å²) in [5, 5.41) is 24.6. The minimum atomic E-state index is -1.41. The third-order valence-electron chi connectivity index (χ3n) is 11.4. The molecule has 1 fully saturated rings. The van der Waals surface area contributed by atoms with Crippen LogP contribution in [-0.4, -0.2) is 78.5 Å². The van der Waals surface area contributed by atoms with Crippen LogP contribution >= 0.6 is 0 Å². The number of ether oxygens (including phenoxy) is 4. The first-order valence-corrected chi connectivity index (χ1v) is 20.3. The van der Waals surface area contributed by atoms with E-state index in [0.29, 0.717) is 47.8 Å². The van der Waals surface area contributed by atoms with Gasteiger partial charge in [0.05, 0.1) is 24.8 Å². The number of aliphatic hydroxyl groups is 2. The summed E-state index contributed by atoms with van der Waals surface area (Å²) >= 11 is 0. The molecule has 11 nitrogen and oxygen atoms in total. The lowest BCUT2D eigenvalue weighted by Gasteiger charge is -2.59. The highest BCUT2D eigenvalue weighted by molar-refractivity contribution is 6.03. The molecule has 6 unspecified atom stereocenters. The number of rotatable bonds is 21. The number of carbonyl (C=O) groups excluding carboxylic acids is 2. The first-order chi connectivity index (χ1) is 28.4. The van der Waals surface area contributed by atoms with E-state index in [9.17, 15) is 19.8 Å². The number of allylic oxidation sites excluding steroid dienone is 1. The molecular formula is C47H56N2O9. The van der Waals surface area contributed by atoms with Crippen LogP contribution in [0.2, 0.25) is 0 Å². The van der Waals surface area contributed by atoms with Gasteiger partial charge in [0, 0.05) is 43.7 Å². The van der Waals surface area contributed by atoms with Crippen LogP contribution in [0.3, 0.4) is 0 Å². The molecule has 6 rings (SSSR count). The highest BCUT2D eigenvalue weighted by Gasteiger charge is 2.65. The summed E-state index contributed by atoms with van der Waals surface area (Å²) in [6.45, 7) is 8.49. The molecule has 0 aromatic heterocycles. The van der Waals surface area contributed by atoms with Crippen molar-refractivity contribution in [3.63, 3.8) is 0 Å². The molecule has 0 bridgehead atoms. The highest BCUT2D eigenvalue weighted by atomic mass is 16.7. The van der Waals surface area contributed by atoms with Crippen LogP contribution in [0.1, 0.15) is 78.8 Å². The van der Waals surface area contributed by atoms with Gasteiger partial charge in [-0.2, -0.15) is 0 Å². The van der Waals surface area contributed by atoms with E-state index in [1.54, 1.807) is 48.4 Å². The third kappa shape index (κ3) is 9.55. The van der Waals surface area contributed by atoms with Crippen molar-refractivity contribution in [1.29, 1.82) is 0 Å². The average molecular weight is 793 g/mol. The lowest BCUT2D eigenvalue weighted by molar-refractivity contribution is -0.253. The average Bonchev–Trinajstić information content (AvgIpc) is 3.24. The highest BCUT2D eigenvalue weighted by Crippen LogP contribution is 2.62. The van der Waals surface area contributed by atoms with Gasteiger partial charge in [0.15, 0.2) is 0 Å². The zero-order valence-electron chi connectivity index (χ0n) is 33.4. The van der Waals surface area contributed by atoms with Gasteiger partial charge in [0.25, 0.3) is 0 Å². The van der Waals surface area contributed by atoms with Crippen molar-refractivity contribution in [2.75, 3.05) is 33.5 Å². The quantitative estimate of drug-likeness (QED) is 0.0470. The fraction of sp³-hybridized carbons (Fsp3) is 0.426. The standard InChI is InChI=1S/C47H56N2O9/c1-4-6-26-54-46(53)49(3)43-30-41(48-56-32-33-15-8-7-9-16-33)39-28-35(18-10-12-23-50)38(20-11-13-24-51)44-40-29-37(57-36-19-14-17-34(27-36)31-52)21-22-42(40)58-47(43,45(39)44)55-25-5-2/h4-5,7-9,14-17,19,21-22,27-29,31,35,38,43-45,50-51H,1-2,6,10-13,18,20,23-26,30,32H2,3H3. The number of likely N-dealkylation sites (N-methyl/N-ethyl adjacent to an activating group) is 1. The summed E-state index contributed by atoms with van der Waals surface area (Å²) < 4.78 is 26.2. The second kappa shape index (κ2) is 20.5. The predicted octanol–water partition coefficient (Wildman–Crippen LogP) is 8.77. The monoisotopic (exact) mass is 792 g/mol. The molecule has 1 saturated carbocycles. The van der Waals surface area contributed by atoms with Crippen LogP contribution in [-0.2, 0) is 20.9 Å². The second-order valence-corrected chi connectivity index (χ2v) is 15.1. The molecular weight excluding hydrogens is 737 g/mol. The molecule has 1 amide bonds. The number of carbonyl (C=O) groups is 2. The van der Waals surface area contributed by atoms with Crippen LogP contribution in [0.25, 0.3) is 0 Å². The van der Waals surface area contributed by atoms with Gasteiger partial charge >= 0.3 is 6.09 Å². The Morgan fingerprint density at radius 2 is 1.74 bits per heavy atom. The van der Waals surface area contributed by atoms with Gasteiger partial charge in [0.1, 0.15) is 36.2 Å². The van der Waals surface area contributed by atoms with Crippen LogP contribution in [0.15, 0.2) is 115 Å². The molecule has 3 aromatic carbocycles. The van der Waals surface area contributed by atoms with E-state index in [0.717, 1.165) is 48.7 Å². The molecule has 308 valence electrons. The Kier molecular flexibility index (Phi) is 14.9. The van der Waals surface area contributed by atoms with Crippen LogP contribution < -0.4 is 9.47 Å². The first kappa shape index (κ1) is 42.4. The summed E-state index contributed by atoms with van der Waals surface area (Å²) in [7, 11) is 1.70. The Hall–Kier alpha value is -5.23. The van der Waals surface area contributed by atoms with Crippen molar-refractivity contribution in [1.82, 2.24) is 4.90 Å². The minimum absolute atomic E-state index is 0.0390. The Morgan fingerprint density at radius 1 is 0.966 bits per heavy atom. The molecule has 3 aliphatic rings. The summed E-state index contributed by atoms with van der Waals surface area (Å²) in [6, 6.07) is 21.9. The molecule has 2 aliphatic carbocycles. The van der Waals surface area contributed by atoms with E-state index in [-0.39, 0.29) is 57.2 Å². The fourth-order valence-corrected chi connectivity index (χ4v) is 8.80. The maximum Gasteiger partial charge on any atom is 0.409 e. The van der Waals surface area contributed by atoms with E-state index in [1.807, 2.05) is 48.5 Å². The number of aldehydes is 1. The normalized spacial score (nSPS) is 23.7. The van der Waals surface area contributed by atoms with E-state index < -0.39 is 23.8 Å². The van der Waals surface area contributed by atoms with Crippen molar-refractivity contribution in [3.05, 3.63) is 126 Å². The van der Waals surface area contributed by atoms with Gasteiger partial charge in [-0.05, 0) is 85.4 Å². The van der Waals surface area contributed by atoms with Crippen LogP contribution in [0.5, 0.6) is 17.2 Å². The Balaban J connectivity index is 1.54. The molecule has 1 aliphatic heterocycles. The number of hydrogen-bond acceptors (Lipinski definition) is 10. The molecule has 58 heavy (non-hydrogen) atoms. The Labute approximate surface area is 341 Å². The maximum atomic E-state index is 13.9. The Morgan fingerprint density at radius 3 is 2.48 bits per heavy atom. The number of fused-ring (bicyclic) bond motifs is 2.